The molecule has 0 saturated carbocycles. The van der Waals surface area contributed by atoms with Crippen molar-refractivity contribution in [1.29, 1.82) is 0 Å². The van der Waals surface area contributed by atoms with Crippen molar-refractivity contribution in [2.75, 3.05) is 6.61 Å². The molecule has 0 aliphatic carbocycles. The van der Waals surface area contributed by atoms with E-state index in [1.165, 1.54) is 0 Å². The summed E-state index contributed by atoms with van der Waals surface area (Å²) in [4.78, 5) is 16.1. The molecule has 0 saturated heterocycles. The van der Waals surface area contributed by atoms with E-state index in [4.69, 9.17) is 9.47 Å². The number of ether oxygens (including phenoxy) is 2. The van der Waals surface area contributed by atoms with Crippen LogP contribution in [-0.4, -0.2) is 18.5 Å². The summed E-state index contributed by atoms with van der Waals surface area (Å²) in [5.74, 6) is 0.676. The topological polar surface area (TPSA) is 47.9 Å². The number of hydrogen-bond acceptors (Lipinski definition) is 5. The van der Waals surface area contributed by atoms with Crippen LogP contribution in [0.25, 0.3) is 6.08 Å². The van der Waals surface area contributed by atoms with Crippen LogP contribution in [0.2, 0.25) is 0 Å². The zero-order valence-electron chi connectivity index (χ0n) is 11.4. The van der Waals surface area contributed by atoms with Gasteiger partial charge in [0.05, 0.1) is 6.61 Å². The van der Waals surface area contributed by atoms with Gasteiger partial charge in [-0.15, -0.1) is 0 Å². The smallest absolute Gasteiger partial charge is 0.363 e. The molecule has 2 heterocycles. The number of thiophene rings is 1. The van der Waals surface area contributed by atoms with Gasteiger partial charge >= 0.3 is 5.97 Å². The standard InChI is InChI=1S/C16H13NO3S/c1-2-19-13-5-3-12(4-6-13)15-17-14(16(18)20-15)9-11-7-8-21-10-11/h3-10H,2H2,1H3/b14-9-. The molecule has 0 fully saturated rings. The van der Waals surface area contributed by atoms with Gasteiger partial charge in [0.15, 0.2) is 5.70 Å². The van der Waals surface area contributed by atoms with Crippen LogP contribution in [0.15, 0.2) is 51.8 Å². The van der Waals surface area contributed by atoms with Crippen molar-refractivity contribution in [2.24, 2.45) is 4.99 Å². The van der Waals surface area contributed by atoms with E-state index in [-0.39, 0.29) is 0 Å². The molecule has 0 spiro atoms. The lowest BCUT2D eigenvalue weighted by Crippen LogP contribution is -2.05. The Balaban J connectivity index is 1.84. The highest BCUT2D eigenvalue weighted by molar-refractivity contribution is 7.08. The highest BCUT2D eigenvalue weighted by atomic mass is 32.1. The third kappa shape index (κ3) is 3.03. The van der Waals surface area contributed by atoms with Gasteiger partial charge in [0.25, 0.3) is 0 Å². The highest BCUT2D eigenvalue weighted by Gasteiger charge is 2.24. The zero-order chi connectivity index (χ0) is 14.7. The van der Waals surface area contributed by atoms with E-state index in [0.29, 0.717) is 18.2 Å². The number of aliphatic imine (C=N–C) groups is 1. The van der Waals surface area contributed by atoms with Gasteiger partial charge in [-0.2, -0.15) is 11.3 Å². The molecule has 3 rings (SSSR count). The first kappa shape index (κ1) is 13.6. The van der Waals surface area contributed by atoms with E-state index >= 15 is 0 Å². The first-order valence-electron chi connectivity index (χ1n) is 6.54. The minimum absolute atomic E-state index is 0.317. The van der Waals surface area contributed by atoms with Crippen molar-refractivity contribution in [3.63, 3.8) is 0 Å². The average molecular weight is 299 g/mol. The van der Waals surface area contributed by atoms with Gasteiger partial charge in [-0.1, -0.05) is 0 Å². The molecule has 0 bridgehead atoms. The summed E-state index contributed by atoms with van der Waals surface area (Å²) in [6.07, 6.45) is 1.72. The molecule has 106 valence electrons. The lowest BCUT2D eigenvalue weighted by Gasteiger charge is -2.03. The van der Waals surface area contributed by atoms with Crippen molar-refractivity contribution in [2.45, 2.75) is 6.92 Å². The van der Waals surface area contributed by atoms with Crippen LogP contribution in [0.3, 0.4) is 0 Å². The Morgan fingerprint density at radius 1 is 1.29 bits per heavy atom. The fourth-order valence-electron chi connectivity index (χ4n) is 1.91. The van der Waals surface area contributed by atoms with E-state index in [9.17, 15) is 4.79 Å². The second kappa shape index (κ2) is 5.93. The average Bonchev–Trinajstić information content (AvgIpc) is 3.11. The van der Waals surface area contributed by atoms with Crippen LogP contribution in [-0.2, 0) is 9.53 Å². The normalized spacial score (nSPS) is 16.0. The summed E-state index contributed by atoms with van der Waals surface area (Å²) in [6, 6.07) is 9.23. The van der Waals surface area contributed by atoms with Crippen molar-refractivity contribution in [3.8, 4) is 5.75 Å². The Hall–Kier alpha value is -2.40. The molecule has 0 radical (unpaired) electrons. The largest absolute Gasteiger partial charge is 0.494 e. The van der Waals surface area contributed by atoms with Crippen LogP contribution >= 0.6 is 11.3 Å². The maximum Gasteiger partial charge on any atom is 0.363 e. The minimum atomic E-state index is -0.426. The molecule has 21 heavy (non-hydrogen) atoms. The quantitative estimate of drug-likeness (QED) is 0.641. The number of cyclic esters (lactones) is 1. The Labute approximate surface area is 126 Å². The molecule has 0 unspecified atom stereocenters. The Morgan fingerprint density at radius 3 is 2.76 bits per heavy atom. The maximum absolute atomic E-state index is 11.8. The van der Waals surface area contributed by atoms with Crippen LogP contribution in [0, 0.1) is 0 Å². The molecule has 0 N–H and O–H groups in total. The van der Waals surface area contributed by atoms with Crippen molar-refractivity contribution in [3.05, 3.63) is 57.9 Å². The van der Waals surface area contributed by atoms with Gasteiger partial charge in [0, 0.05) is 5.56 Å². The van der Waals surface area contributed by atoms with Gasteiger partial charge < -0.3 is 9.47 Å². The second-order valence-corrected chi connectivity index (χ2v) is 5.13. The Morgan fingerprint density at radius 2 is 2.10 bits per heavy atom. The van der Waals surface area contributed by atoms with Gasteiger partial charge in [0.1, 0.15) is 5.75 Å². The molecule has 5 heteroatoms. The third-order valence-electron chi connectivity index (χ3n) is 2.88. The molecule has 1 aliphatic rings. The van der Waals surface area contributed by atoms with Gasteiger partial charge in [-0.25, -0.2) is 9.79 Å². The summed E-state index contributed by atoms with van der Waals surface area (Å²) < 4.78 is 10.6. The van der Waals surface area contributed by atoms with Crippen molar-refractivity contribution >= 4 is 29.3 Å². The third-order valence-corrected chi connectivity index (χ3v) is 3.58. The van der Waals surface area contributed by atoms with Gasteiger partial charge in [-0.05, 0) is 59.7 Å². The number of carbonyl (C=O) groups excluding carboxylic acids is 1. The molecule has 1 aromatic carbocycles. The van der Waals surface area contributed by atoms with Gasteiger partial charge in [0.2, 0.25) is 5.90 Å². The summed E-state index contributed by atoms with van der Waals surface area (Å²) in [7, 11) is 0. The number of carbonyl (C=O) groups is 1. The lowest BCUT2D eigenvalue weighted by atomic mass is 10.2. The first-order valence-corrected chi connectivity index (χ1v) is 7.48. The lowest BCUT2D eigenvalue weighted by molar-refractivity contribution is -0.129. The molecule has 0 amide bonds. The number of benzene rings is 1. The fourth-order valence-corrected chi connectivity index (χ4v) is 2.53. The number of nitrogens with zero attached hydrogens (tertiary/aromatic N) is 1. The molecular formula is C16H13NO3S. The molecule has 2 aromatic rings. The fraction of sp³-hybridized carbons (Fsp3) is 0.125. The molecule has 1 aromatic heterocycles. The molecule has 0 atom stereocenters. The number of rotatable bonds is 4. The minimum Gasteiger partial charge on any atom is -0.494 e. The predicted molar refractivity (Wildman–Crippen MR) is 82.5 cm³/mol. The molecular weight excluding hydrogens is 286 g/mol. The molecule has 4 nitrogen and oxygen atoms in total. The maximum atomic E-state index is 11.8. The zero-order valence-corrected chi connectivity index (χ0v) is 12.2. The van der Waals surface area contributed by atoms with E-state index in [1.54, 1.807) is 17.4 Å². The van der Waals surface area contributed by atoms with Crippen LogP contribution < -0.4 is 4.74 Å². The first-order chi connectivity index (χ1) is 10.3. The van der Waals surface area contributed by atoms with Crippen LogP contribution in [0.4, 0.5) is 0 Å². The predicted octanol–water partition coefficient (Wildman–Crippen LogP) is 3.49. The van der Waals surface area contributed by atoms with Crippen LogP contribution in [0.5, 0.6) is 5.75 Å². The van der Waals surface area contributed by atoms with Gasteiger partial charge in [-0.3, -0.25) is 0 Å². The van der Waals surface area contributed by atoms with Crippen LogP contribution in [0.1, 0.15) is 18.1 Å². The summed E-state index contributed by atoms with van der Waals surface area (Å²) in [5.41, 5.74) is 2.02. The Bertz CT molecular complexity index is 700. The monoisotopic (exact) mass is 299 g/mol. The van der Waals surface area contributed by atoms with Crippen molar-refractivity contribution < 1.29 is 14.3 Å². The highest BCUT2D eigenvalue weighted by Crippen LogP contribution is 2.21. The summed E-state index contributed by atoms with van der Waals surface area (Å²) in [6.45, 7) is 2.54. The Kier molecular flexibility index (Phi) is 3.83. The summed E-state index contributed by atoms with van der Waals surface area (Å²) in [5, 5.41) is 3.90. The van der Waals surface area contributed by atoms with E-state index < -0.39 is 5.97 Å². The SMILES string of the molecule is CCOc1ccc(C2=N/C(=C\c3ccsc3)C(=O)O2)cc1. The number of esters is 1. The van der Waals surface area contributed by atoms with E-state index in [1.807, 2.05) is 48.0 Å². The van der Waals surface area contributed by atoms with E-state index in [0.717, 1.165) is 16.9 Å². The number of hydrogen-bond donors (Lipinski definition) is 0. The second-order valence-electron chi connectivity index (χ2n) is 4.35. The van der Waals surface area contributed by atoms with E-state index in [2.05, 4.69) is 4.99 Å². The summed E-state index contributed by atoms with van der Waals surface area (Å²) >= 11 is 1.57. The molecule has 1 aliphatic heterocycles. The van der Waals surface area contributed by atoms with Crippen molar-refractivity contribution in [1.82, 2.24) is 0 Å².